The minimum Gasteiger partial charge on any atom is -0.358 e. The maximum absolute atomic E-state index is 12.8. The molecule has 5 heteroatoms. The van der Waals surface area contributed by atoms with Crippen molar-refractivity contribution >= 4 is 28.3 Å². The van der Waals surface area contributed by atoms with E-state index in [0.717, 1.165) is 44.7 Å². The molecular formula is C22H26N3O2+. The van der Waals surface area contributed by atoms with E-state index in [4.69, 9.17) is 0 Å². The number of aromatic amines is 1. The van der Waals surface area contributed by atoms with E-state index in [0.29, 0.717) is 0 Å². The van der Waals surface area contributed by atoms with Crippen molar-refractivity contribution in [2.24, 2.45) is 0 Å². The number of rotatable bonds is 7. The lowest BCUT2D eigenvalue weighted by Crippen LogP contribution is -3.11. The van der Waals surface area contributed by atoms with Gasteiger partial charge in [-0.2, -0.15) is 0 Å². The Balaban J connectivity index is 1.64. The molecule has 1 atom stereocenters. The number of aryl methyl sites for hydroxylation is 2. The second kappa shape index (κ2) is 8.18. The van der Waals surface area contributed by atoms with Crippen molar-refractivity contribution in [3.63, 3.8) is 0 Å². The monoisotopic (exact) mass is 364 g/mol. The molecule has 0 saturated carbocycles. The summed E-state index contributed by atoms with van der Waals surface area (Å²) in [6.07, 6.45) is 0.859. The lowest BCUT2D eigenvalue weighted by molar-refractivity contribution is -0.861. The lowest BCUT2D eigenvalue weighted by Gasteiger charge is -2.14. The normalized spacial score (nSPS) is 12.1. The fraction of sp³-hybridized carbons (Fsp3) is 0.273. The molecule has 0 saturated heterocycles. The summed E-state index contributed by atoms with van der Waals surface area (Å²) in [5, 5.41) is 3.90. The van der Waals surface area contributed by atoms with Crippen LogP contribution in [0, 0.1) is 6.92 Å². The van der Waals surface area contributed by atoms with Crippen molar-refractivity contribution in [1.29, 1.82) is 0 Å². The Morgan fingerprint density at radius 1 is 1.04 bits per heavy atom. The number of likely N-dealkylation sites (N-methyl/N-ethyl adjacent to an activating group) is 1. The minimum atomic E-state index is -0.0863. The first-order valence-electron chi connectivity index (χ1n) is 9.29. The number of amides is 1. The van der Waals surface area contributed by atoms with E-state index < -0.39 is 0 Å². The molecule has 2 aromatic carbocycles. The van der Waals surface area contributed by atoms with Gasteiger partial charge in [-0.1, -0.05) is 43.3 Å². The first kappa shape index (κ1) is 18.9. The van der Waals surface area contributed by atoms with Gasteiger partial charge >= 0.3 is 0 Å². The van der Waals surface area contributed by atoms with Crippen LogP contribution in [0.1, 0.15) is 28.5 Å². The first-order chi connectivity index (χ1) is 13.0. The highest BCUT2D eigenvalue weighted by Gasteiger charge is 2.21. The number of benzene rings is 2. The average Bonchev–Trinajstić information content (AvgIpc) is 2.97. The number of nitrogens with one attached hydrogen (secondary N) is 3. The van der Waals surface area contributed by atoms with Gasteiger partial charge in [-0.3, -0.25) is 9.59 Å². The van der Waals surface area contributed by atoms with Crippen LogP contribution in [0.5, 0.6) is 0 Å². The van der Waals surface area contributed by atoms with Gasteiger partial charge in [0, 0.05) is 22.3 Å². The molecule has 0 aliphatic rings. The molecule has 3 rings (SSSR count). The number of H-pyrrole nitrogens is 1. The smallest absolute Gasteiger partial charge is 0.279 e. The molecule has 1 amide bonds. The average molecular weight is 364 g/mol. The Hall–Kier alpha value is -2.92. The SMILES string of the molecule is CCc1ccccc1NC(=O)C[NH+](C)CC(=O)c1c(C)[nH]c2ccccc12. The number of ketones is 1. The number of carbonyl (C=O) groups is 2. The predicted molar refractivity (Wildman–Crippen MR) is 108 cm³/mol. The zero-order valence-corrected chi connectivity index (χ0v) is 16.1. The zero-order valence-electron chi connectivity index (χ0n) is 16.1. The molecule has 1 heterocycles. The van der Waals surface area contributed by atoms with E-state index in [2.05, 4.69) is 17.2 Å². The van der Waals surface area contributed by atoms with Gasteiger partial charge in [-0.05, 0) is 31.0 Å². The van der Waals surface area contributed by atoms with Gasteiger partial charge in [-0.15, -0.1) is 0 Å². The number of hydrogen-bond donors (Lipinski definition) is 3. The first-order valence-corrected chi connectivity index (χ1v) is 9.29. The summed E-state index contributed by atoms with van der Waals surface area (Å²) < 4.78 is 0. The molecule has 1 unspecified atom stereocenters. The summed E-state index contributed by atoms with van der Waals surface area (Å²) >= 11 is 0. The standard InChI is InChI=1S/C22H25N3O2/c1-4-16-9-5-7-11-18(16)24-21(27)14-25(3)13-20(26)22-15(2)23-19-12-8-6-10-17(19)22/h5-12,23H,4,13-14H2,1-3H3,(H,24,27)/p+1. The number of fused-ring (bicyclic) bond motifs is 1. The number of anilines is 1. The van der Waals surface area contributed by atoms with Gasteiger partial charge in [0.1, 0.15) is 6.54 Å². The van der Waals surface area contributed by atoms with Gasteiger partial charge in [0.2, 0.25) is 5.78 Å². The summed E-state index contributed by atoms with van der Waals surface area (Å²) in [6.45, 7) is 4.48. The van der Waals surface area contributed by atoms with Crippen molar-refractivity contribution in [3.8, 4) is 0 Å². The van der Waals surface area contributed by atoms with E-state index in [9.17, 15) is 9.59 Å². The Morgan fingerprint density at radius 3 is 2.52 bits per heavy atom. The van der Waals surface area contributed by atoms with Crippen LogP contribution in [0.2, 0.25) is 0 Å². The third kappa shape index (κ3) is 4.26. The summed E-state index contributed by atoms with van der Waals surface area (Å²) in [5.41, 5.74) is 4.51. The molecule has 5 nitrogen and oxygen atoms in total. The van der Waals surface area contributed by atoms with Crippen LogP contribution in [0.4, 0.5) is 5.69 Å². The van der Waals surface area contributed by atoms with Gasteiger partial charge in [0.25, 0.3) is 5.91 Å². The molecule has 0 spiro atoms. The summed E-state index contributed by atoms with van der Waals surface area (Å²) in [4.78, 5) is 29.3. The molecule has 0 radical (unpaired) electrons. The predicted octanol–water partition coefficient (Wildman–Crippen LogP) is 2.37. The van der Waals surface area contributed by atoms with Crippen molar-refractivity contribution < 1.29 is 14.5 Å². The van der Waals surface area contributed by atoms with Gasteiger partial charge in [-0.25, -0.2) is 0 Å². The molecule has 0 aliphatic carbocycles. The number of quaternary nitrogens is 1. The summed E-state index contributed by atoms with van der Waals surface area (Å²) in [6, 6.07) is 15.6. The quantitative estimate of drug-likeness (QED) is 0.564. The molecule has 3 aromatic rings. The molecule has 27 heavy (non-hydrogen) atoms. The number of Topliss-reactive ketones (excluding diaryl/α,β-unsaturated/α-hetero) is 1. The molecular weight excluding hydrogens is 338 g/mol. The van der Waals surface area contributed by atoms with E-state index in [1.165, 1.54) is 0 Å². The number of para-hydroxylation sites is 2. The summed E-state index contributed by atoms with van der Waals surface area (Å²) in [5.74, 6) is -0.0407. The van der Waals surface area contributed by atoms with Crippen LogP contribution in [0.3, 0.4) is 0 Å². The van der Waals surface area contributed by atoms with Crippen molar-refractivity contribution in [2.75, 3.05) is 25.5 Å². The van der Waals surface area contributed by atoms with Crippen LogP contribution in [0.25, 0.3) is 10.9 Å². The molecule has 0 fully saturated rings. The highest BCUT2D eigenvalue weighted by molar-refractivity contribution is 6.09. The second-order valence-corrected chi connectivity index (χ2v) is 6.96. The third-order valence-corrected chi connectivity index (χ3v) is 4.77. The molecule has 0 bridgehead atoms. The molecule has 3 N–H and O–H groups in total. The Morgan fingerprint density at radius 2 is 1.74 bits per heavy atom. The third-order valence-electron chi connectivity index (χ3n) is 4.77. The highest BCUT2D eigenvalue weighted by atomic mass is 16.2. The van der Waals surface area contributed by atoms with Gasteiger partial charge < -0.3 is 15.2 Å². The number of aromatic nitrogens is 1. The maximum Gasteiger partial charge on any atom is 0.279 e. The lowest BCUT2D eigenvalue weighted by atomic mass is 10.1. The molecule has 1 aromatic heterocycles. The Kier molecular flexibility index (Phi) is 5.72. The maximum atomic E-state index is 12.8. The highest BCUT2D eigenvalue weighted by Crippen LogP contribution is 2.21. The zero-order chi connectivity index (χ0) is 19.4. The molecule has 140 valence electrons. The van der Waals surface area contributed by atoms with Crippen LogP contribution >= 0.6 is 0 Å². The van der Waals surface area contributed by atoms with Crippen molar-refractivity contribution in [1.82, 2.24) is 4.98 Å². The van der Waals surface area contributed by atoms with E-state index >= 15 is 0 Å². The van der Waals surface area contributed by atoms with E-state index in [-0.39, 0.29) is 24.8 Å². The minimum absolute atomic E-state index is 0.0456. The fourth-order valence-electron chi connectivity index (χ4n) is 3.48. The van der Waals surface area contributed by atoms with Crippen LogP contribution in [-0.4, -0.2) is 36.8 Å². The largest absolute Gasteiger partial charge is 0.358 e. The summed E-state index contributed by atoms with van der Waals surface area (Å²) in [7, 11) is 1.87. The Labute approximate surface area is 159 Å². The van der Waals surface area contributed by atoms with Crippen LogP contribution in [-0.2, 0) is 11.2 Å². The van der Waals surface area contributed by atoms with Gasteiger partial charge in [0.05, 0.1) is 12.6 Å². The van der Waals surface area contributed by atoms with Gasteiger partial charge in [0.15, 0.2) is 6.54 Å². The second-order valence-electron chi connectivity index (χ2n) is 6.96. The number of hydrogen-bond acceptors (Lipinski definition) is 2. The molecule has 0 aliphatic heterocycles. The van der Waals surface area contributed by atoms with E-state index in [1.54, 1.807) is 0 Å². The van der Waals surface area contributed by atoms with E-state index in [1.807, 2.05) is 62.5 Å². The van der Waals surface area contributed by atoms with Crippen LogP contribution in [0.15, 0.2) is 48.5 Å². The topological polar surface area (TPSA) is 66.4 Å². The van der Waals surface area contributed by atoms with Crippen molar-refractivity contribution in [3.05, 3.63) is 65.4 Å². The Bertz CT molecular complexity index is 975. The van der Waals surface area contributed by atoms with Crippen LogP contribution < -0.4 is 10.2 Å². The number of carbonyl (C=O) groups excluding carboxylic acids is 2. The fourth-order valence-corrected chi connectivity index (χ4v) is 3.48. The van der Waals surface area contributed by atoms with Crippen molar-refractivity contribution in [2.45, 2.75) is 20.3 Å².